The van der Waals surface area contributed by atoms with Crippen molar-refractivity contribution in [1.29, 1.82) is 0 Å². The second-order valence-electron chi connectivity index (χ2n) is 13.1. The van der Waals surface area contributed by atoms with Gasteiger partial charge in [-0.25, -0.2) is 4.79 Å². The van der Waals surface area contributed by atoms with E-state index < -0.39 is 45.7 Å². The van der Waals surface area contributed by atoms with Gasteiger partial charge in [0.2, 0.25) is 5.91 Å². The number of β-lactam (4-membered cyclic amide) rings is 1. The molecule has 1 N–H and O–H groups in total. The summed E-state index contributed by atoms with van der Waals surface area (Å²) >= 11 is 0. The van der Waals surface area contributed by atoms with E-state index in [-0.39, 0.29) is 29.3 Å². The summed E-state index contributed by atoms with van der Waals surface area (Å²) in [5.41, 5.74) is -0.204. The van der Waals surface area contributed by atoms with E-state index in [9.17, 15) is 19.5 Å². The Bertz CT molecular complexity index is 1480. The number of hydrogen-bond acceptors (Lipinski definition) is 5. The zero-order valence-electron chi connectivity index (χ0n) is 27.6. The summed E-state index contributed by atoms with van der Waals surface area (Å²) in [6, 6.07) is 28.3. The quantitative estimate of drug-likeness (QED) is 0.0909. The van der Waals surface area contributed by atoms with Crippen LogP contribution in [-0.2, 0) is 23.5 Å². The molecular formula is C37H46NO6PSi. The van der Waals surface area contributed by atoms with E-state index in [4.69, 9.17) is 9.16 Å². The van der Waals surface area contributed by atoms with Crippen LogP contribution in [0.15, 0.2) is 104 Å². The average molecular weight is 660 g/mol. The Labute approximate surface area is 274 Å². The topological polar surface area (TPSA) is 93.1 Å². The maximum Gasteiger partial charge on any atom is 0.356 e. The molecule has 7 nitrogen and oxygen atoms in total. The van der Waals surface area contributed by atoms with Crippen molar-refractivity contribution in [2.75, 3.05) is 13.2 Å². The molecule has 1 aliphatic rings. The van der Waals surface area contributed by atoms with Gasteiger partial charge in [-0.1, -0.05) is 124 Å². The van der Waals surface area contributed by atoms with Crippen LogP contribution in [0.2, 0.25) is 13.1 Å². The standard InChI is InChI=1S/C37H46NO6PSi/c1-8-24-43-36(42)34(38-32(26(2)35(40)41)31(33(38)39)30(37(3,4)5)25-44-46(6)7)45(27-18-12-9-13-19-27,28-20-14-10-15-21-28)29-22-16-11-17-23-29/h8-23,26,30-32,46H,1,24-25H2,2-7H3,(H,40,41)/t26-,30-,31+,32+/m1/s1. The number of nitrogens with zero attached hydrogens (tertiary/aromatic N) is 1. The molecule has 9 heteroatoms. The van der Waals surface area contributed by atoms with E-state index >= 15 is 0 Å². The summed E-state index contributed by atoms with van der Waals surface area (Å²) in [6.07, 6.45) is 1.49. The summed E-state index contributed by atoms with van der Waals surface area (Å²) in [7, 11) is -1.45. The third kappa shape index (κ3) is 6.85. The average Bonchev–Trinajstić information content (AvgIpc) is 3.04. The number of carboxylic acid groups (broad SMARTS) is 1. The van der Waals surface area contributed by atoms with Gasteiger partial charge in [-0.2, -0.15) is 0 Å². The Hall–Kier alpha value is -3.71. The van der Waals surface area contributed by atoms with Gasteiger partial charge in [0.15, 0.2) is 9.04 Å². The minimum atomic E-state index is -3.16. The summed E-state index contributed by atoms with van der Waals surface area (Å²) < 4.78 is 12.0. The molecule has 0 aliphatic carbocycles. The fourth-order valence-corrected chi connectivity index (χ4v) is 11.4. The maximum absolute atomic E-state index is 14.9. The molecule has 0 bridgehead atoms. The molecule has 0 spiro atoms. The number of carbonyl (C=O) groups is 3. The summed E-state index contributed by atoms with van der Waals surface area (Å²) in [5.74, 6) is -3.93. The summed E-state index contributed by atoms with van der Waals surface area (Å²) in [5, 5.41) is 13.0. The molecule has 3 aromatic carbocycles. The van der Waals surface area contributed by atoms with Gasteiger partial charge in [0.05, 0.1) is 17.9 Å². The van der Waals surface area contributed by atoms with Crippen LogP contribution < -0.4 is 15.9 Å². The van der Waals surface area contributed by atoms with Crippen molar-refractivity contribution in [3.8, 4) is 0 Å². The molecular weight excluding hydrogens is 613 g/mol. The van der Waals surface area contributed by atoms with Crippen LogP contribution in [0.3, 0.4) is 0 Å². The third-order valence-electron chi connectivity index (χ3n) is 8.74. The monoisotopic (exact) mass is 659 g/mol. The zero-order valence-corrected chi connectivity index (χ0v) is 29.7. The van der Waals surface area contributed by atoms with Crippen LogP contribution in [-0.4, -0.2) is 61.6 Å². The van der Waals surface area contributed by atoms with E-state index in [1.807, 2.05) is 91.0 Å². The number of rotatable bonds is 13. The molecule has 4 rings (SSSR count). The Balaban J connectivity index is 2.17. The van der Waals surface area contributed by atoms with Gasteiger partial charge in [-0.3, -0.25) is 9.59 Å². The molecule has 1 fully saturated rings. The molecule has 244 valence electrons. The Morgan fingerprint density at radius 3 is 1.76 bits per heavy atom. The van der Waals surface area contributed by atoms with Crippen molar-refractivity contribution in [1.82, 2.24) is 4.90 Å². The number of benzene rings is 3. The van der Waals surface area contributed by atoms with Gasteiger partial charge >= 0.3 is 11.9 Å². The lowest BCUT2D eigenvalue weighted by Gasteiger charge is -2.55. The normalized spacial score (nSPS) is 18.0. The molecule has 0 aromatic heterocycles. The third-order valence-corrected chi connectivity index (χ3v) is 13.8. The first kappa shape index (κ1) is 35.1. The van der Waals surface area contributed by atoms with Crippen molar-refractivity contribution in [3.05, 3.63) is 104 Å². The lowest BCUT2D eigenvalue weighted by atomic mass is 9.64. The van der Waals surface area contributed by atoms with E-state index in [1.165, 1.54) is 11.0 Å². The first-order valence-electron chi connectivity index (χ1n) is 15.8. The highest BCUT2D eigenvalue weighted by atomic mass is 31.2. The minimum absolute atomic E-state index is 0.0667. The number of ether oxygens (including phenoxy) is 1. The Morgan fingerprint density at radius 1 is 0.935 bits per heavy atom. The number of carboxylic acids is 1. The number of amides is 1. The molecule has 1 aliphatic heterocycles. The Morgan fingerprint density at radius 2 is 1.39 bits per heavy atom. The number of carbonyl (C=O) groups excluding carboxylic acids is 2. The van der Waals surface area contributed by atoms with Crippen molar-refractivity contribution in [3.63, 3.8) is 0 Å². The van der Waals surface area contributed by atoms with Crippen LogP contribution in [0.4, 0.5) is 0 Å². The minimum Gasteiger partial charge on any atom is -0.481 e. The van der Waals surface area contributed by atoms with Crippen molar-refractivity contribution < 1.29 is 28.7 Å². The van der Waals surface area contributed by atoms with Crippen molar-refractivity contribution >= 4 is 55.1 Å². The van der Waals surface area contributed by atoms with Crippen LogP contribution in [0, 0.1) is 23.2 Å². The lowest BCUT2D eigenvalue weighted by Crippen LogP contribution is -2.71. The van der Waals surface area contributed by atoms with Crippen molar-refractivity contribution in [2.45, 2.75) is 46.8 Å². The van der Waals surface area contributed by atoms with Gasteiger partial charge in [0.1, 0.15) is 12.0 Å². The van der Waals surface area contributed by atoms with Gasteiger partial charge in [0.25, 0.3) is 0 Å². The first-order chi connectivity index (χ1) is 21.9. The Kier molecular flexibility index (Phi) is 11.3. The molecule has 3 aromatic rings. The highest BCUT2D eigenvalue weighted by Gasteiger charge is 2.60. The van der Waals surface area contributed by atoms with Gasteiger partial charge in [0, 0.05) is 13.5 Å². The number of esters is 1. The molecule has 46 heavy (non-hydrogen) atoms. The molecule has 1 heterocycles. The van der Waals surface area contributed by atoms with Gasteiger partial charge in [-0.15, -0.1) is 0 Å². The van der Waals surface area contributed by atoms with Crippen molar-refractivity contribution in [2.24, 2.45) is 23.2 Å². The van der Waals surface area contributed by atoms with Crippen LogP contribution in [0.1, 0.15) is 27.7 Å². The maximum atomic E-state index is 14.9. The van der Waals surface area contributed by atoms with Crippen LogP contribution in [0.25, 0.3) is 0 Å². The second kappa shape index (κ2) is 14.8. The molecule has 0 radical (unpaired) electrons. The lowest BCUT2D eigenvalue weighted by molar-refractivity contribution is -0.167. The first-order valence-corrected chi connectivity index (χ1v) is 20.3. The predicted octanol–water partition coefficient (Wildman–Crippen LogP) is 5.05. The second-order valence-corrected chi connectivity index (χ2v) is 18.8. The van der Waals surface area contributed by atoms with E-state index in [1.54, 1.807) is 6.92 Å². The number of likely N-dealkylation sites (tertiary alicyclic amines) is 1. The fourth-order valence-electron chi connectivity index (χ4n) is 6.42. The SMILES string of the molecule is C=CCOC(=O)C(N1C(=O)[C@@H]([C@@H](CO[SiH](C)C)C(C)(C)C)[C@@H]1[C@@H](C)C(=O)O)=P(c1ccccc1)(c1ccccc1)c1ccccc1. The molecule has 0 saturated carbocycles. The van der Waals surface area contributed by atoms with Crippen LogP contribution >= 0.6 is 6.89 Å². The molecule has 0 unspecified atom stereocenters. The highest BCUT2D eigenvalue weighted by molar-refractivity contribution is 7.96. The van der Waals surface area contributed by atoms with E-state index in [2.05, 4.69) is 40.4 Å². The van der Waals surface area contributed by atoms with Gasteiger partial charge < -0.3 is 19.2 Å². The molecule has 4 atom stereocenters. The number of aliphatic carboxylic acids is 1. The van der Waals surface area contributed by atoms with E-state index in [0.717, 1.165) is 15.9 Å². The highest BCUT2D eigenvalue weighted by Crippen LogP contribution is 2.52. The summed E-state index contributed by atoms with van der Waals surface area (Å²) in [6.45, 7) is 12.8. The largest absolute Gasteiger partial charge is 0.481 e. The fraction of sp³-hybridized carbons (Fsp3) is 0.351. The molecule has 1 saturated heterocycles. The smallest absolute Gasteiger partial charge is 0.356 e. The van der Waals surface area contributed by atoms with Gasteiger partial charge in [-0.05, 0) is 47.3 Å². The van der Waals surface area contributed by atoms with E-state index in [0.29, 0.717) is 6.61 Å². The number of hydrogen-bond donors (Lipinski definition) is 1. The predicted molar refractivity (Wildman–Crippen MR) is 190 cm³/mol. The zero-order chi connectivity index (χ0) is 33.6. The van der Waals surface area contributed by atoms with Crippen LogP contribution in [0.5, 0.6) is 0 Å². The summed E-state index contributed by atoms with van der Waals surface area (Å²) in [4.78, 5) is 43.8. The molecule has 1 amide bonds.